The summed E-state index contributed by atoms with van der Waals surface area (Å²) in [6.07, 6.45) is 13.5. The average molecular weight is 352 g/mol. The monoisotopic (exact) mass is 352 g/mol. The average Bonchev–Trinajstić information content (AvgIpc) is 2.82. The fourth-order valence-electron chi connectivity index (χ4n) is 3.19. The number of carbonyl (C=O) groups is 1. The van der Waals surface area contributed by atoms with E-state index in [1.165, 1.54) is 0 Å². The van der Waals surface area contributed by atoms with Crippen LogP contribution < -0.4 is 0 Å². The highest BCUT2D eigenvalue weighted by Crippen LogP contribution is 2.36. The number of allylic oxidation sites excluding steroid dienone is 3. The van der Waals surface area contributed by atoms with Crippen LogP contribution in [0.4, 0.5) is 0 Å². The van der Waals surface area contributed by atoms with Gasteiger partial charge in [0.25, 0.3) is 0 Å². The van der Waals surface area contributed by atoms with E-state index in [-0.39, 0.29) is 18.3 Å². The van der Waals surface area contributed by atoms with Gasteiger partial charge in [0.15, 0.2) is 0 Å². The molecular formula is C20H32O5. The molecule has 0 heterocycles. The molecule has 142 valence electrons. The minimum absolute atomic E-state index is 0.0830. The summed E-state index contributed by atoms with van der Waals surface area (Å²) in [6.45, 7) is 2.04. The van der Waals surface area contributed by atoms with Crippen molar-refractivity contribution in [2.45, 2.75) is 70.2 Å². The van der Waals surface area contributed by atoms with E-state index in [2.05, 4.69) is 0 Å². The largest absolute Gasteiger partial charge is 0.481 e. The van der Waals surface area contributed by atoms with Gasteiger partial charge in [-0.3, -0.25) is 4.79 Å². The minimum atomic E-state index is -0.791. The summed E-state index contributed by atoms with van der Waals surface area (Å²) in [6, 6.07) is 0. The molecule has 4 N–H and O–H groups in total. The van der Waals surface area contributed by atoms with Crippen LogP contribution in [0.5, 0.6) is 0 Å². The second kappa shape index (κ2) is 12.0. The maximum absolute atomic E-state index is 10.5. The Labute approximate surface area is 150 Å². The van der Waals surface area contributed by atoms with E-state index in [1.54, 1.807) is 6.08 Å². The Morgan fingerprint density at radius 1 is 1.16 bits per heavy atom. The highest BCUT2D eigenvalue weighted by atomic mass is 16.4. The van der Waals surface area contributed by atoms with Gasteiger partial charge >= 0.3 is 5.97 Å². The summed E-state index contributed by atoms with van der Waals surface area (Å²) >= 11 is 0. The molecule has 1 fully saturated rings. The van der Waals surface area contributed by atoms with Crippen molar-refractivity contribution in [3.05, 3.63) is 36.5 Å². The quantitative estimate of drug-likeness (QED) is 0.339. The van der Waals surface area contributed by atoms with Crippen molar-refractivity contribution in [1.82, 2.24) is 0 Å². The van der Waals surface area contributed by atoms with Crippen molar-refractivity contribution in [1.29, 1.82) is 0 Å². The maximum Gasteiger partial charge on any atom is 0.303 e. The first-order valence-electron chi connectivity index (χ1n) is 9.20. The zero-order valence-corrected chi connectivity index (χ0v) is 15.0. The standard InChI is InChI=1S/C20H32O5/c1-2-3-6-9-15(21)12-13-17-16(18(22)14-19(17)23)10-7-4-5-8-11-20(24)25/h3-4,6-7,12-13,15-19,21-23H,2,5,8-11,14H2,1H3,(H,24,25)/b6-3-,7-4-,13-12+/t15-,16-,17+,18-,19-/m0/s1. The number of unbranched alkanes of at least 4 members (excludes halogenated alkanes) is 1. The molecule has 0 unspecified atom stereocenters. The Morgan fingerprint density at radius 2 is 1.92 bits per heavy atom. The van der Waals surface area contributed by atoms with Crippen molar-refractivity contribution in [3.63, 3.8) is 0 Å². The van der Waals surface area contributed by atoms with E-state index >= 15 is 0 Å². The number of aliphatic carboxylic acids is 1. The Kier molecular flexibility index (Phi) is 10.4. The summed E-state index contributed by atoms with van der Waals surface area (Å²) < 4.78 is 0. The van der Waals surface area contributed by atoms with Crippen LogP contribution >= 0.6 is 0 Å². The van der Waals surface area contributed by atoms with Crippen LogP contribution in [-0.4, -0.2) is 44.7 Å². The number of rotatable bonds is 11. The molecule has 0 aromatic rings. The lowest BCUT2D eigenvalue weighted by atomic mass is 9.89. The first-order chi connectivity index (χ1) is 12.0. The highest BCUT2D eigenvalue weighted by molar-refractivity contribution is 5.66. The molecule has 0 saturated heterocycles. The van der Waals surface area contributed by atoms with Crippen molar-refractivity contribution >= 4 is 5.97 Å². The van der Waals surface area contributed by atoms with Gasteiger partial charge < -0.3 is 20.4 Å². The molecule has 0 spiro atoms. The van der Waals surface area contributed by atoms with Gasteiger partial charge in [0, 0.05) is 18.8 Å². The van der Waals surface area contributed by atoms with Crippen molar-refractivity contribution < 1.29 is 25.2 Å². The van der Waals surface area contributed by atoms with E-state index in [0.29, 0.717) is 32.1 Å². The van der Waals surface area contributed by atoms with Gasteiger partial charge in [0.2, 0.25) is 0 Å². The summed E-state index contributed by atoms with van der Waals surface area (Å²) in [5.74, 6) is -1.05. The van der Waals surface area contributed by atoms with E-state index in [1.807, 2.05) is 37.3 Å². The number of carboxylic acids is 1. The van der Waals surface area contributed by atoms with Crippen molar-refractivity contribution in [2.24, 2.45) is 11.8 Å². The van der Waals surface area contributed by atoms with Crippen LogP contribution in [0.3, 0.4) is 0 Å². The third-order valence-electron chi connectivity index (χ3n) is 4.59. The Morgan fingerprint density at radius 3 is 2.60 bits per heavy atom. The molecule has 5 nitrogen and oxygen atoms in total. The fraction of sp³-hybridized carbons (Fsp3) is 0.650. The summed E-state index contributed by atoms with van der Waals surface area (Å²) in [4.78, 5) is 10.5. The molecule has 1 saturated carbocycles. The van der Waals surface area contributed by atoms with E-state index in [0.717, 1.165) is 6.42 Å². The fourth-order valence-corrected chi connectivity index (χ4v) is 3.19. The normalized spacial score (nSPS) is 28.5. The first kappa shape index (κ1) is 21.6. The third-order valence-corrected chi connectivity index (χ3v) is 4.59. The highest BCUT2D eigenvalue weighted by Gasteiger charge is 2.39. The number of hydrogen-bond donors (Lipinski definition) is 4. The third kappa shape index (κ3) is 8.47. The zero-order valence-electron chi connectivity index (χ0n) is 15.0. The summed E-state index contributed by atoms with van der Waals surface area (Å²) in [7, 11) is 0. The molecular weight excluding hydrogens is 320 g/mol. The van der Waals surface area contributed by atoms with Crippen LogP contribution in [0.2, 0.25) is 0 Å². The predicted octanol–water partition coefficient (Wildman–Crippen LogP) is 2.82. The van der Waals surface area contributed by atoms with Crippen molar-refractivity contribution in [3.8, 4) is 0 Å². The molecule has 1 rings (SSSR count). The van der Waals surface area contributed by atoms with Crippen molar-refractivity contribution in [2.75, 3.05) is 0 Å². The van der Waals surface area contributed by atoms with Crippen LogP contribution in [-0.2, 0) is 4.79 Å². The molecule has 1 aliphatic carbocycles. The van der Waals surface area contributed by atoms with Crippen LogP contribution in [0.25, 0.3) is 0 Å². The molecule has 5 atom stereocenters. The van der Waals surface area contributed by atoms with Gasteiger partial charge in [-0.1, -0.05) is 43.4 Å². The number of aliphatic hydroxyl groups is 3. The molecule has 1 aliphatic rings. The molecule has 0 amide bonds. The SMILES string of the molecule is CC/C=C\C[C@H](O)/C=C/[C@@H]1[C@H](C/C=C\CCCC(=O)O)[C@@H](O)C[C@@H]1O. The predicted molar refractivity (Wildman–Crippen MR) is 98.0 cm³/mol. The van der Waals surface area contributed by atoms with E-state index in [9.17, 15) is 20.1 Å². The molecule has 25 heavy (non-hydrogen) atoms. The van der Waals surface area contributed by atoms with Gasteiger partial charge in [0.05, 0.1) is 18.3 Å². The van der Waals surface area contributed by atoms with Gasteiger partial charge in [-0.15, -0.1) is 0 Å². The van der Waals surface area contributed by atoms with Gasteiger partial charge in [0.1, 0.15) is 0 Å². The van der Waals surface area contributed by atoms with Gasteiger partial charge in [-0.05, 0) is 38.0 Å². The minimum Gasteiger partial charge on any atom is -0.481 e. The number of hydrogen-bond acceptors (Lipinski definition) is 4. The second-order valence-corrected chi connectivity index (χ2v) is 6.67. The Hall–Kier alpha value is -1.43. The molecule has 5 heteroatoms. The number of aliphatic hydroxyl groups excluding tert-OH is 3. The summed E-state index contributed by atoms with van der Waals surface area (Å²) in [5.41, 5.74) is 0. The molecule has 0 aromatic carbocycles. The first-order valence-corrected chi connectivity index (χ1v) is 9.20. The van der Waals surface area contributed by atoms with Crippen LogP contribution in [0, 0.1) is 11.8 Å². The smallest absolute Gasteiger partial charge is 0.303 e. The Bertz CT molecular complexity index is 469. The van der Waals surface area contributed by atoms with E-state index < -0.39 is 24.3 Å². The Balaban J connectivity index is 2.50. The molecule has 0 aliphatic heterocycles. The maximum atomic E-state index is 10.5. The molecule has 0 aromatic heterocycles. The molecule has 0 radical (unpaired) electrons. The lowest BCUT2D eigenvalue weighted by Gasteiger charge is -2.19. The summed E-state index contributed by atoms with van der Waals surface area (Å²) in [5, 5.41) is 38.9. The van der Waals surface area contributed by atoms with E-state index in [4.69, 9.17) is 5.11 Å². The number of carboxylic acid groups (broad SMARTS) is 1. The van der Waals surface area contributed by atoms with Crippen LogP contribution in [0.1, 0.15) is 51.9 Å². The lowest BCUT2D eigenvalue weighted by molar-refractivity contribution is -0.137. The second-order valence-electron chi connectivity index (χ2n) is 6.67. The topological polar surface area (TPSA) is 98.0 Å². The zero-order chi connectivity index (χ0) is 18.7. The molecule has 0 bridgehead atoms. The van der Waals surface area contributed by atoms with Crippen LogP contribution in [0.15, 0.2) is 36.5 Å². The lowest BCUT2D eigenvalue weighted by Crippen LogP contribution is -2.20. The van der Waals surface area contributed by atoms with Gasteiger partial charge in [-0.25, -0.2) is 0 Å². The van der Waals surface area contributed by atoms with Gasteiger partial charge in [-0.2, -0.15) is 0 Å².